The Bertz CT molecular complexity index is 490. The lowest BCUT2D eigenvalue weighted by Gasteiger charge is -1.94. The maximum atomic E-state index is 11.2. The number of rotatable bonds is 1. The van der Waals surface area contributed by atoms with Crippen LogP contribution in [0.5, 0.6) is 0 Å². The van der Waals surface area contributed by atoms with E-state index in [1.807, 2.05) is 22.7 Å². The molecule has 0 unspecified atom stereocenters. The van der Waals surface area contributed by atoms with Crippen LogP contribution in [0.3, 0.4) is 0 Å². The highest BCUT2D eigenvalue weighted by Gasteiger charge is 2.09. The van der Waals surface area contributed by atoms with Crippen molar-refractivity contribution < 1.29 is 9.53 Å². The molecule has 0 aliphatic rings. The summed E-state index contributed by atoms with van der Waals surface area (Å²) < 4.78 is 7.46. The van der Waals surface area contributed by atoms with E-state index in [4.69, 9.17) is 0 Å². The highest BCUT2D eigenvalue weighted by Crippen LogP contribution is 2.20. The van der Waals surface area contributed by atoms with Crippen LogP contribution in [0, 0.1) is 0 Å². The van der Waals surface area contributed by atoms with Crippen LogP contribution in [0.15, 0.2) is 35.1 Å². The van der Waals surface area contributed by atoms with E-state index < -0.39 is 0 Å². The first-order chi connectivity index (χ1) is 6.72. The van der Waals surface area contributed by atoms with Gasteiger partial charge in [-0.1, -0.05) is 0 Å². The van der Waals surface area contributed by atoms with Crippen molar-refractivity contribution in [2.45, 2.75) is 0 Å². The molecular weight excluding hydrogens is 246 g/mol. The summed E-state index contributed by atoms with van der Waals surface area (Å²) in [7, 11) is 1.37. The Hall–Kier alpha value is -1.29. The molecular formula is C10H8BrNO2. The lowest BCUT2D eigenvalue weighted by atomic mass is 10.3. The Morgan fingerprint density at radius 1 is 1.57 bits per heavy atom. The van der Waals surface area contributed by atoms with Crippen molar-refractivity contribution >= 4 is 27.4 Å². The van der Waals surface area contributed by atoms with Gasteiger partial charge in [-0.15, -0.1) is 0 Å². The van der Waals surface area contributed by atoms with Crippen molar-refractivity contribution in [3.8, 4) is 0 Å². The Kier molecular flexibility index (Phi) is 2.29. The second-order valence-electron chi connectivity index (χ2n) is 2.87. The molecule has 2 rings (SSSR count). The molecule has 0 atom stereocenters. The number of aromatic nitrogens is 1. The SMILES string of the molecule is COC(=O)c1cc2c(Br)cccn2c1. The fourth-order valence-corrected chi connectivity index (χ4v) is 1.80. The second-order valence-corrected chi connectivity index (χ2v) is 3.72. The molecule has 0 radical (unpaired) electrons. The summed E-state index contributed by atoms with van der Waals surface area (Å²) in [5, 5.41) is 0. The lowest BCUT2D eigenvalue weighted by Crippen LogP contribution is -1.98. The first kappa shape index (κ1) is 9.27. The maximum Gasteiger partial charge on any atom is 0.339 e. The van der Waals surface area contributed by atoms with E-state index in [9.17, 15) is 4.79 Å². The van der Waals surface area contributed by atoms with Gasteiger partial charge in [0.1, 0.15) is 0 Å². The summed E-state index contributed by atoms with van der Waals surface area (Å²) in [6.45, 7) is 0. The van der Waals surface area contributed by atoms with Crippen LogP contribution in [-0.2, 0) is 4.74 Å². The molecule has 72 valence electrons. The number of hydrogen-bond donors (Lipinski definition) is 0. The third kappa shape index (κ3) is 1.42. The molecule has 0 amide bonds. The van der Waals surface area contributed by atoms with Gasteiger partial charge in [-0.3, -0.25) is 0 Å². The van der Waals surface area contributed by atoms with E-state index in [0.29, 0.717) is 5.56 Å². The van der Waals surface area contributed by atoms with E-state index >= 15 is 0 Å². The van der Waals surface area contributed by atoms with Crippen molar-refractivity contribution in [3.05, 3.63) is 40.6 Å². The predicted octanol–water partition coefficient (Wildman–Crippen LogP) is 2.49. The quantitative estimate of drug-likeness (QED) is 0.732. The Morgan fingerprint density at radius 2 is 2.36 bits per heavy atom. The number of methoxy groups -OCH3 is 1. The van der Waals surface area contributed by atoms with Crippen LogP contribution >= 0.6 is 15.9 Å². The van der Waals surface area contributed by atoms with Crippen molar-refractivity contribution in [2.24, 2.45) is 0 Å². The zero-order chi connectivity index (χ0) is 10.1. The van der Waals surface area contributed by atoms with Crippen molar-refractivity contribution in [2.75, 3.05) is 7.11 Å². The molecule has 0 saturated heterocycles. The summed E-state index contributed by atoms with van der Waals surface area (Å²) >= 11 is 3.41. The molecule has 0 aliphatic carbocycles. The van der Waals surface area contributed by atoms with Crippen LogP contribution in [0.1, 0.15) is 10.4 Å². The summed E-state index contributed by atoms with van der Waals surface area (Å²) in [5.41, 5.74) is 1.51. The van der Waals surface area contributed by atoms with Gasteiger partial charge in [0, 0.05) is 16.9 Å². The molecule has 14 heavy (non-hydrogen) atoms. The van der Waals surface area contributed by atoms with Crippen molar-refractivity contribution in [1.29, 1.82) is 0 Å². The molecule has 2 aromatic heterocycles. The first-order valence-corrected chi connectivity index (χ1v) is 4.86. The fourth-order valence-electron chi connectivity index (χ4n) is 1.33. The zero-order valence-corrected chi connectivity index (χ0v) is 9.11. The van der Waals surface area contributed by atoms with E-state index in [2.05, 4.69) is 20.7 Å². The van der Waals surface area contributed by atoms with E-state index in [1.165, 1.54) is 7.11 Å². The Balaban J connectivity index is 2.62. The van der Waals surface area contributed by atoms with E-state index in [-0.39, 0.29) is 5.97 Å². The number of esters is 1. The summed E-state index contributed by atoms with van der Waals surface area (Å²) in [4.78, 5) is 11.2. The van der Waals surface area contributed by atoms with Gasteiger partial charge in [-0.25, -0.2) is 4.79 Å². The van der Waals surface area contributed by atoms with E-state index in [1.54, 1.807) is 12.3 Å². The predicted molar refractivity (Wildman–Crippen MR) is 56.4 cm³/mol. The van der Waals surface area contributed by atoms with Crippen LogP contribution in [0.4, 0.5) is 0 Å². The molecule has 2 heterocycles. The molecule has 0 bridgehead atoms. The van der Waals surface area contributed by atoms with Gasteiger partial charge in [0.05, 0.1) is 18.2 Å². The van der Waals surface area contributed by atoms with Crippen LogP contribution in [0.25, 0.3) is 5.52 Å². The molecule has 0 spiro atoms. The number of carbonyl (C=O) groups is 1. The second kappa shape index (κ2) is 3.46. The van der Waals surface area contributed by atoms with Crippen LogP contribution in [0.2, 0.25) is 0 Å². The number of fused-ring (bicyclic) bond motifs is 1. The average Bonchev–Trinajstić information content (AvgIpc) is 2.62. The van der Waals surface area contributed by atoms with Gasteiger partial charge in [-0.05, 0) is 34.1 Å². The Labute approximate surface area is 89.4 Å². The molecule has 0 aliphatic heterocycles. The number of carbonyl (C=O) groups excluding carboxylic acids is 1. The maximum absolute atomic E-state index is 11.2. The average molecular weight is 254 g/mol. The minimum atomic E-state index is -0.319. The van der Waals surface area contributed by atoms with Crippen molar-refractivity contribution in [3.63, 3.8) is 0 Å². The highest BCUT2D eigenvalue weighted by molar-refractivity contribution is 9.10. The number of pyridine rings is 1. The summed E-state index contributed by atoms with van der Waals surface area (Å²) in [5.74, 6) is -0.319. The smallest absolute Gasteiger partial charge is 0.339 e. The van der Waals surface area contributed by atoms with Gasteiger partial charge in [0.2, 0.25) is 0 Å². The summed E-state index contributed by atoms with van der Waals surface area (Å²) in [6.07, 6.45) is 3.62. The normalized spacial score (nSPS) is 10.4. The summed E-state index contributed by atoms with van der Waals surface area (Å²) in [6, 6.07) is 5.62. The van der Waals surface area contributed by atoms with Gasteiger partial charge < -0.3 is 9.14 Å². The van der Waals surface area contributed by atoms with E-state index in [0.717, 1.165) is 9.99 Å². The molecule has 3 nitrogen and oxygen atoms in total. The molecule has 0 saturated carbocycles. The molecule has 4 heteroatoms. The van der Waals surface area contributed by atoms with Gasteiger partial charge in [0.15, 0.2) is 0 Å². The lowest BCUT2D eigenvalue weighted by molar-refractivity contribution is 0.0601. The Morgan fingerprint density at radius 3 is 3.00 bits per heavy atom. The number of halogens is 1. The largest absolute Gasteiger partial charge is 0.465 e. The minimum absolute atomic E-state index is 0.319. The highest BCUT2D eigenvalue weighted by atomic mass is 79.9. The monoisotopic (exact) mass is 253 g/mol. The van der Waals surface area contributed by atoms with Crippen molar-refractivity contribution in [1.82, 2.24) is 4.40 Å². The molecule has 0 fully saturated rings. The third-order valence-electron chi connectivity index (χ3n) is 2.00. The molecule has 0 aromatic carbocycles. The zero-order valence-electron chi connectivity index (χ0n) is 7.53. The van der Waals surface area contributed by atoms with Gasteiger partial charge >= 0.3 is 5.97 Å². The number of ether oxygens (including phenoxy) is 1. The van der Waals surface area contributed by atoms with Crippen LogP contribution < -0.4 is 0 Å². The van der Waals surface area contributed by atoms with Gasteiger partial charge in [0.25, 0.3) is 0 Å². The minimum Gasteiger partial charge on any atom is -0.465 e. The third-order valence-corrected chi connectivity index (χ3v) is 2.67. The molecule has 0 N–H and O–H groups in total. The molecule has 2 aromatic rings. The van der Waals surface area contributed by atoms with Gasteiger partial charge in [-0.2, -0.15) is 0 Å². The standard InChI is InChI=1S/C10H8BrNO2/c1-14-10(13)7-5-9-8(11)3-2-4-12(9)6-7/h2-6H,1H3. The van der Waals surface area contributed by atoms with Crippen LogP contribution in [-0.4, -0.2) is 17.5 Å². The number of hydrogen-bond acceptors (Lipinski definition) is 2. The fraction of sp³-hybridized carbons (Fsp3) is 0.100. The number of nitrogens with zero attached hydrogens (tertiary/aromatic N) is 1. The first-order valence-electron chi connectivity index (χ1n) is 4.07. The topological polar surface area (TPSA) is 30.7 Å².